The van der Waals surface area contributed by atoms with Gasteiger partial charge < -0.3 is 14.7 Å². The van der Waals surface area contributed by atoms with Gasteiger partial charge in [-0.05, 0) is 25.0 Å². The number of hydrogen-bond acceptors (Lipinski definition) is 4. The van der Waals surface area contributed by atoms with Crippen LogP contribution in [0, 0.1) is 0 Å². The minimum Gasteiger partial charge on any atom is -0.477 e. The van der Waals surface area contributed by atoms with Crippen molar-refractivity contribution in [1.29, 1.82) is 0 Å². The second-order valence-corrected chi connectivity index (χ2v) is 6.39. The first-order valence-electron chi connectivity index (χ1n) is 8.23. The Morgan fingerprint density at radius 3 is 2.52 bits per heavy atom. The van der Waals surface area contributed by atoms with Crippen LogP contribution in [0.3, 0.4) is 0 Å². The lowest BCUT2D eigenvalue weighted by Crippen LogP contribution is -2.53. The Morgan fingerprint density at radius 2 is 1.83 bits per heavy atom. The molecule has 6 nitrogen and oxygen atoms in total. The van der Waals surface area contributed by atoms with Crippen molar-refractivity contribution in [2.45, 2.75) is 44.1 Å². The number of carboxylic acid groups (broad SMARTS) is 1. The van der Waals surface area contributed by atoms with Gasteiger partial charge in [0.2, 0.25) is 0 Å². The summed E-state index contributed by atoms with van der Waals surface area (Å²) in [6.45, 7) is 1.63. The number of aromatic carboxylic acids is 1. The average molecular weight is 318 g/mol. The minimum atomic E-state index is -1.12. The van der Waals surface area contributed by atoms with E-state index in [1.54, 1.807) is 17.0 Å². The molecule has 0 bridgehead atoms. The highest BCUT2D eigenvalue weighted by Crippen LogP contribution is 2.33. The molecule has 1 saturated heterocycles. The third kappa shape index (κ3) is 3.52. The highest BCUT2D eigenvalue weighted by Gasteiger charge is 2.38. The van der Waals surface area contributed by atoms with Gasteiger partial charge in [-0.3, -0.25) is 4.79 Å². The zero-order valence-electron chi connectivity index (χ0n) is 13.2. The van der Waals surface area contributed by atoms with Crippen LogP contribution in [0.1, 0.15) is 59.5 Å². The van der Waals surface area contributed by atoms with E-state index < -0.39 is 5.97 Å². The summed E-state index contributed by atoms with van der Waals surface area (Å²) >= 11 is 0. The quantitative estimate of drug-likeness (QED) is 0.905. The zero-order valence-corrected chi connectivity index (χ0v) is 13.2. The number of ether oxygens (including phenoxy) is 1. The van der Waals surface area contributed by atoms with Crippen LogP contribution < -0.4 is 0 Å². The average Bonchev–Trinajstić information content (AvgIpc) is 2.80. The maximum absolute atomic E-state index is 12.7. The normalized spacial score (nSPS) is 21.0. The van der Waals surface area contributed by atoms with E-state index in [1.807, 2.05) is 0 Å². The van der Waals surface area contributed by atoms with Gasteiger partial charge >= 0.3 is 5.97 Å². The topological polar surface area (TPSA) is 79.7 Å². The van der Waals surface area contributed by atoms with Gasteiger partial charge in [0.25, 0.3) is 5.91 Å². The smallest absolute Gasteiger partial charge is 0.354 e. The van der Waals surface area contributed by atoms with Crippen LogP contribution in [0.25, 0.3) is 0 Å². The van der Waals surface area contributed by atoms with Gasteiger partial charge in [0, 0.05) is 6.54 Å². The van der Waals surface area contributed by atoms with Crippen LogP contribution in [0.2, 0.25) is 0 Å². The van der Waals surface area contributed by atoms with E-state index in [2.05, 4.69) is 4.98 Å². The highest BCUT2D eigenvalue weighted by atomic mass is 16.5. The van der Waals surface area contributed by atoms with Gasteiger partial charge in [-0.15, -0.1) is 0 Å². The summed E-state index contributed by atoms with van der Waals surface area (Å²) in [6, 6.07) is 4.53. The first-order valence-corrected chi connectivity index (χ1v) is 8.23. The van der Waals surface area contributed by atoms with Gasteiger partial charge in [-0.2, -0.15) is 0 Å². The van der Waals surface area contributed by atoms with Crippen LogP contribution in [0.15, 0.2) is 18.2 Å². The molecule has 6 heteroatoms. The molecule has 1 spiro atoms. The van der Waals surface area contributed by atoms with E-state index in [1.165, 1.54) is 18.9 Å². The van der Waals surface area contributed by atoms with Crippen LogP contribution in [-0.2, 0) is 4.74 Å². The predicted molar refractivity (Wildman–Crippen MR) is 83.5 cm³/mol. The maximum Gasteiger partial charge on any atom is 0.354 e. The molecule has 2 heterocycles. The third-order valence-electron chi connectivity index (χ3n) is 4.74. The molecule has 2 aliphatic rings. The second-order valence-electron chi connectivity index (χ2n) is 6.39. The molecule has 1 saturated carbocycles. The summed E-state index contributed by atoms with van der Waals surface area (Å²) in [4.78, 5) is 29.5. The van der Waals surface area contributed by atoms with Crippen molar-refractivity contribution in [2.24, 2.45) is 0 Å². The van der Waals surface area contributed by atoms with E-state index in [4.69, 9.17) is 9.84 Å². The Labute approximate surface area is 135 Å². The van der Waals surface area contributed by atoms with Crippen molar-refractivity contribution in [1.82, 2.24) is 9.88 Å². The van der Waals surface area contributed by atoms with Crippen molar-refractivity contribution >= 4 is 11.9 Å². The number of amides is 1. The van der Waals surface area contributed by atoms with Gasteiger partial charge in [0.05, 0.1) is 18.8 Å². The third-order valence-corrected chi connectivity index (χ3v) is 4.74. The molecule has 0 atom stereocenters. The van der Waals surface area contributed by atoms with Crippen LogP contribution in [0.5, 0.6) is 0 Å². The Kier molecular flexibility index (Phi) is 4.61. The molecule has 3 rings (SSSR count). The summed E-state index contributed by atoms with van der Waals surface area (Å²) in [6.07, 6.45) is 6.69. The predicted octanol–water partition coefficient (Wildman–Crippen LogP) is 2.35. The number of carbonyl (C=O) groups is 2. The van der Waals surface area contributed by atoms with Gasteiger partial charge in [0.15, 0.2) is 0 Å². The Hall–Kier alpha value is -1.95. The summed E-state index contributed by atoms with van der Waals surface area (Å²) in [5, 5.41) is 9.02. The van der Waals surface area contributed by atoms with Crippen molar-refractivity contribution in [3.63, 3.8) is 0 Å². The summed E-state index contributed by atoms with van der Waals surface area (Å²) in [5.41, 5.74) is -0.140. The van der Waals surface area contributed by atoms with Gasteiger partial charge in [0.1, 0.15) is 11.4 Å². The molecule has 1 N–H and O–H groups in total. The van der Waals surface area contributed by atoms with Crippen molar-refractivity contribution in [3.8, 4) is 0 Å². The molecule has 1 aromatic heterocycles. The molecule has 1 aliphatic heterocycles. The second kappa shape index (κ2) is 6.66. The fraction of sp³-hybridized carbons (Fsp3) is 0.588. The van der Waals surface area contributed by atoms with Crippen molar-refractivity contribution < 1.29 is 19.4 Å². The number of carboxylic acids is 1. The first kappa shape index (κ1) is 15.9. The molecule has 1 aliphatic carbocycles. The first-order chi connectivity index (χ1) is 11.1. The Bertz CT molecular complexity index is 594. The molecule has 23 heavy (non-hydrogen) atoms. The van der Waals surface area contributed by atoms with Gasteiger partial charge in [-0.1, -0.05) is 31.7 Å². The highest BCUT2D eigenvalue weighted by molar-refractivity contribution is 5.94. The van der Waals surface area contributed by atoms with Gasteiger partial charge in [-0.25, -0.2) is 9.78 Å². The number of carbonyl (C=O) groups excluding carboxylic acids is 1. The fourth-order valence-electron chi connectivity index (χ4n) is 3.53. The Balaban J connectivity index is 1.76. The molecule has 0 aromatic carbocycles. The fourth-order valence-corrected chi connectivity index (χ4v) is 3.53. The van der Waals surface area contributed by atoms with E-state index in [0.717, 1.165) is 25.7 Å². The van der Waals surface area contributed by atoms with Crippen molar-refractivity contribution in [3.05, 3.63) is 29.6 Å². The lowest BCUT2D eigenvalue weighted by Gasteiger charge is -2.42. The number of rotatable bonds is 2. The summed E-state index contributed by atoms with van der Waals surface area (Å²) in [7, 11) is 0. The Morgan fingerprint density at radius 1 is 1.13 bits per heavy atom. The van der Waals surface area contributed by atoms with E-state index in [0.29, 0.717) is 19.7 Å². The van der Waals surface area contributed by atoms with E-state index >= 15 is 0 Å². The van der Waals surface area contributed by atoms with Crippen LogP contribution in [0.4, 0.5) is 0 Å². The number of hydrogen-bond donors (Lipinski definition) is 1. The zero-order chi connectivity index (χ0) is 16.3. The standard InChI is InChI=1S/C17H22N2O4/c20-15(13-6-5-7-14(18-13)16(21)22)19-10-11-23-17(12-19)8-3-1-2-4-9-17/h5-7H,1-4,8-12H2,(H,21,22). The number of pyridine rings is 1. The SMILES string of the molecule is O=C(O)c1cccc(C(=O)N2CCOC3(CCCCCC3)C2)n1. The van der Waals surface area contributed by atoms with E-state index in [-0.39, 0.29) is 22.9 Å². The summed E-state index contributed by atoms with van der Waals surface area (Å²) < 4.78 is 6.06. The van der Waals surface area contributed by atoms with E-state index in [9.17, 15) is 9.59 Å². The molecule has 0 unspecified atom stereocenters. The monoisotopic (exact) mass is 318 g/mol. The molecule has 1 aromatic rings. The number of nitrogens with zero attached hydrogens (tertiary/aromatic N) is 2. The molecular weight excluding hydrogens is 296 g/mol. The minimum absolute atomic E-state index is 0.103. The largest absolute Gasteiger partial charge is 0.477 e. The molecular formula is C17H22N2O4. The van der Waals surface area contributed by atoms with Crippen molar-refractivity contribution in [2.75, 3.05) is 19.7 Å². The molecule has 124 valence electrons. The lowest BCUT2D eigenvalue weighted by molar-refractivity contribution is -0.107. The molecule has 2 fully saturated rings. The number of aromatic nitrogens is 1. The number of morpholine rings is 1. The van der Waals surface area contributed by atoms with Crippen LogP contribution >= 0.6 is 0 Å². The molecule has 0 radical (unpaired) electrons. The lowest BCUT2D eigenvalue weighted by atomic mass is 9.92. The van der Waals surface area contributed by atoms with Crippen LogP contribution in [-0.4, -0.2) is 52.2 Å². The maximum atomic E-state index is 12.7. The molecule has 1 amide bonds. The summed E-state index contributed by atoms with van der Waals surface area (Å²) in [5.74, 6) is -1.33.